The molecule has 0 aliphatic rings. The average molecular weight is 210 g/mol. The van der Waals surface area contributed by atoms with Crippen molar-refractivity contribution >= 4 is 15.9 Å². The van der Waals surface area contributed by atoms with Gasteiger partial charge >= 0.3 is 0 Å². The molecule has 10 heavy (non-hydrogen) atoms. The predicted octanol–water partition coefficient (Wildman–Crippen LogP) is 2.65. The molecule has 0 amide bonds. The van der Waals surface area contributed by atoms with Gasteiger partial charge in [0.05, 0.1) is 0 Å². The summed E-state index contributed by atoms with van der Waals surface area (Å²) in [5.74, 6) is 0.801. The maximum Gasteiger partial charge on any atom is 0.00544 e. The van der Waals surface area contributed by atoms with Crippen LogP contribution in [0.2, 0.25) is 0 Å². The maximum atomic E-state index is 3.31. The second-order valence-electron chi connectivity index (χ2n) is 2.51. The van der Waals surface area contributed by atoms with Gasteiger partial charge in [0.2, 0.25) is 0 Å². The fraction of sp³-hybridized carbons (Fsp3) is 1.00. The van der Waals surface area contributed by atoms with Gasteiger partial charge in [-0.1, -0.05) is 43.6 Å². The molecular weight excluding hydrogens is 190 g/mol. The number of nitrogens with one attached hydrogen (secondary N) is 1. The van der Waals surface area contributed by atoms with Gasteiger partial charge in [-0.05, 0) is 19.0 Å². The van der Waals surface area contributed by atoms with Gasteiger partial charge in [0.15, 0.2) is 0 Å². The van der Waals surface area contributed by atoms with Crippen molar-refractivity contribution in [1.29, 1.82) is 0 Å². The van der Waals surface area contributed by atoms with E-state index in [9.17, 15) is 0 Å². The van der Waals surface area contributed by atoms with Crippen LogP contribution in [0.5, 0.6) is 0 Å². The van der Waals surface area contributed by atoms with Crippen molar-refractivity contribution in [2.24, 2.45) is 5.92 Å². The Morgan fingerprint density at radius 1 is 1.20 bits per heavy atom. The first-order chi connectivity index (χ1) is 4.68. The van der Waals surface area contributed by atoms with Crippen LogP contribution in [-0.4, -0.2) is 18.4 Å². The minimum absolute atomic E-state index is 0.801. The zero-order valence-corrected chi connectivity index (χ0v) is 9.16. The van der Waals surface area contributed by atoms with Crippen LogP contribution in [0.4, 0.5) is 0 Å². The lowest BCUT2D eigenvalue weighted by molar-refractivity contribution is 0.756. The van der Waals surface area contributed by atoms with Gasteiger partial charge in [-0.25, -0.2) is 0 Å². The summed E-state index contributed by atoms with van der Waals surface area (Å²) in [7, 11) is 0. The lowest BCUT2D eigenvalue weighted by Crippen LogP contribution is -2.09. The zero-order valence-electron chi connectivity index (χ0n) is 7.58. The number of hydrogen-bond acceptors (Lipinski definition) is 1. The zero-order chi connectivity index (χ0) is 8.41. The normalized spacial score (nSPS) is 9.00. The Kier molecular flexibility index (Phi) is 15.9. The molecule has 0 atom stereocenters. The average Bonchev–Trinajstić information content (AvgIpc) is 1.91. The molecule has 0 rings (SSSR count). The van der Waals surface area contributed by atoms with Crippen molar-refractivity contribution in [3.63, 3.8) is 0 Å². The lowest BCUT2D eigenvalue weighted by atomic mass is 10.3. The number of alkyl halides is 1. The molecular formula is C8H20BrN. The number of hydrogen-bond donors (Lipinski definition) is 1. The molecule has 0 bridgehead atoms. The van der Waals surface area contributed by atoms with E-state index in [1.807, 2.05) is 0 Å². The Labute approximate surface area is 73.7 Å². The quantitative estimate of drug-likeness (QED) is 0.706. The highest BCUT2D eigenvalue weighted by Crippen LogP contribution is 1.94. The maximum absolute atomic E-state index is 3.31. The molecule has 2 heteroatoms. The van der Waals surface area contributed by atoms with Crippen LogP contribution in [0.1, 0.15) is 27.7 Å². The second kappa shape index (κ2) is 12.1. The van der Waals surface area contributed by atoms with Crippen molar-refractivity contribution in [1.82, 2.24) is 5.32 Å². The summed E-state index contributed by atoms with van der Waals surface area (Å²) in [6.07, 6.45) is 0. The van der Waals surface area contributed by atoms with E-state index in [-0.39, 0.29) is 0 Å². The number of rotatable bonds is 3. The van der Waals surface area contributed by atoms with E-state index in [2.05, 4.69) is 48.9 Å². The van der Waals surface area contributed by atoms with Crippen molar-refractivity contribution in [3.8, 4) is 0 Å². The summed E-state index contributed by atoms with van der Waals surface area (Å²) in [4.78, 5) is 0. The molecule has 0 aromatic heterocycles. The Morgan fingerprint density at radius 3 is 1.50 bits per heavy atom. The molecule has 0 radical (unpaired) electrons. The van der Waals surface area contributed by atoms with Crippen molar-refractivity contribution < 1.29 is 0 Å². The van der Waals surface area contributed by atoms with Crippen LogP contribution in [-0.2, 0) is 0 Å². The van der Waals surface area contributed by atoms with E-state index in [0.29, 0.717) is 0 Å². The molecule has 0 aliphatic carbocycles. The molecule has 0 heterocycles. The third-order valence-electron chi connectivity index (χ3n) is 0.809. The molecule has 0 fully saturated rings. The topological polar surface area (TPSA) is 12.0 Å². The Hall–Kier alpha value is 0.440. The van der Waals surface area contributed by atoms with Crippen LogP contribution < -0.4 is 5.32 Å². The Morgan fingerprint density at radius 2 is 1.50 bits per heavy atom. The van der Waals surface area contributed by atoms with Gasteiger partial charge in [-0.15, -0.1) is 0 Å². The summed E-state index contributed by atoms with van der Waals surface area (Å²) in [5.41, 5.74) is 0. The minimum Gasteiger partial charge on any atom is -0.317 e. The molecule has 0 aromatic carbocycles. The summed E-state index contributed by atoms with van der Waals surface area (Å²) < 4.78 is 0. The van der Waals surface area contributed by atoms with Gasteiger partial charge in [0.1, 0.15) is 0 Å². The second-order valence-corrected chi connectivity index (χ2v) is 3.15. The van der Waals surface area contributed by atoms with Crippen LogP contribution >= 0.6 is 15.9 Å². The lowest BCUT2D eigenvalue weighted by Gasteiger charge is -1.88. The first-order valence-corrected chi connectivity index (χ1v) is 5.07. The van der Waals surface area contributed by atoms with E-state index in [0.717, 1.165) is 24.3 Å². The highest BCUT2D eigenvalue weighted by molar-refractivity contribution is 9.09. The molecule has 0 aromatic rings. The third kappa shape index (κ3) is 23.7. The Bertz CT molecular complexity index is 44.5. The highest BCUT2D eigenvalue weighted by atomic mass is 79.9. The van der Waals surface area contributed by atoms with Crippen molar-refractivity contribution in [2.75, 3.05) is 18.4 Å². The molecule has 1 N–H and O–H groups in total. The fourth-order valence-electron chi connectivity index (χ4n) is 0.250. The Balaban J connectivity index is 0. The van der Waals surface area contributed by atoms with Gasteiger partial charge in [0, 0.05) is 5.33 Å². The van der Waals surface area contributed by atoms with E-state index >= 15 is 0 Å². The molecule has 0 saturated carbocycles. The summed E-state index contributed by atoms with van der Waals surface area (Å²) in [5, 5.41) is 4.23. The van der Waals surface area contributed by atoms with E-state index in [4.69, 9.17) is 0 Å². The molecule has 0 saturated heterocycles. The van der Waals surface area contributed by atoms with Gasteiger partial charge < -0.3 is 5.32 Å². The third-order valence-corrected chi connectivity index (χ3v) is 2.10. The molecule has 0 unspecified atom stereocenters. The molecule has 0 aliphatic heterocycles. The van der Waals surface area contributed by atoms with Crippen molar-refractivity contribution in [3.05, 3.63) is 0 Å². The predicted molar refractivity (Wildman–Crippen MR) is 52.8 cm³/mol. The van der Waals surface area contributed by atoms with E-state index < -0.39 is 0 Å². The number of halogens is 1. The minimum atomic E-state index is 0.801. The van der Waals surface area contributed by atoms with Gasteiger partial charge in [0.25, 0.3) is 0 Å². The first-order valence-electron chi connectivity index (χ1n) is 3.95. The van der Waals surface area contributed by atoms with Crippen LogP contribution in [0.15, 0.2) is 0 Å². The first kappa shape index (κ1) is 13.1. The molecule has 1 nitrogen and oxygen atoms in total. The highest BCUT2D eigenvalue weighted by Gasteiger charge is 1.81. The summed E-state index contributed by atoms with van der Waals surface area (Å²) in [6, 6.07) is 0. The van der Waals surface area contributed by atoms with Crippen LogP contribution in [0, 0.1) is 5.92 Å². The van der Waals surface area contributed by atoms with Crippen molar-refractivity contribution in [2.45, 2.75) is 27.7 Å². The summed E-state index contributed by atoms with van der Waals surface area (Å²) in [6.45, 7) is 10.7. The fourth-order valence-corrected chi connectivity index (χ4v) is 0.250. The van der Waals surface area contributed by atoms with Gasteiger partial charge in [-0.3, -0.25) is 0 Å². The smallest absolute Gasteiger partial charge is 0.00544 e. The largest absolute Gasteiger partial charge is 0.317 e. The molecule has 0 spiro atoms. The van der Waals surface area contributed by atoms with Crippen LogP contribution in [0.3, 0.4) is 0 Å². The molecule has 64 valence electrons. The summed E-state index contributed by atoms with van der Waals surface area (Å²) >= 11 is 3.31. The standard InChI is InChI=1S/C4H9Br.C4H11N/c1-4(2)3-5;1-3-5-4-2/h4H,3H2,1-2H3;5H,3-4H2,1-2H3. The SMILES string of the molecule is CC(C)CBr.CCNCC. The van der Waals surface area contributed by atoms with E-state index in [1.54, 1.807) is 0 Å². The monoisotopic (exact) mass is 209 g/mol. The van der Waals surface area contributed by atoms with Crippen LogP contribution in [0.25, 0.3) is 0 Å². The van der Waals surface area contributed by atoms with E-state index in [1.165, 1.54) is 0 Å². The van der Waals surface area contributed by atoms with Gasteiger partial charge in [-0.2, -0.15) is 0 Å².